The van der Waals surface area contributed by atoms with E-state index in [0.717, 1.165) is 18.6 Å². The first-order chi connectivity index (χ1) is 8.40. The molecule has 0 radical (unpaired) electrons. The second kappa shape index (κ2) is 6.27. The molecule has 0 spiro atoms. The molecule has 18 heavy (non-hydrogen) atoms. The molecular formula is C13H16BrF2NO. The first-order valence-corrected chi connectivity index (χ1v) is 6.83. The highest BCUT2D eigenvalue weighted by Crippen LogP contribution is 2.14. The van der Waals surface area contributed by atoms with Gasteiger partial charge in [-0.3, -0.25) is 4.79 Å². The van der Waals surface area contributed by atoms with E-state index < -0.39 is 11.6 Å². The molecular weight excluding hydrogens is 304 g/mol. The highest BCUT2D eigenvalue weighted by Gasteiger charge is 2.23. The highest BCUT2D eigenvalue weighted by atomic mass is 79.9. The van der Waals surface area contributed by atoms with Crippen molar-refractivity contribution in [2.75, 3.05) is 5.33 Å². The molecule has 1 N–H and O–H groups in total. The van der Waals surface area contributed by atoms with E-state index in [1.165, 1.54) is 6.07 Å². The number of carbonyl (C=O) groups is 1. The summed E-state index contributed by atoms with van der Waals surface area (Å²) in [6.07, 6.45) is 0.671. The van der Waals surface area contributed by atoms with Gasteiger partial charge in [-0.2, -0.15) is 0 Å². The fraction of sp³-hybridized carbons (Fsp3) is 0.462. The summed E-state index contributed by atoms with van der Waals surface area (Å²) in [5, 5.41) is 3.46. The van der Waals surface area contributed by atoms with Crippen molar-refractivity contribution >= 4 is 21.8 Å². The van der Waals surface area contributed by atoms with Crippen molar-refractivity contribution < 1.29 is 13.6 Å². The maximum absolute atomic E-state index is 13.4. The fourth-order valence-electron chi connectivity index (χ4n) is 1.44. The molecule has 0 bridgehead atoms. The van der Waals surface area contributed by atoms with Gasteiger partial charge in [0.2, 0.25) is 5.91 Å². The third kappa shape index (κ3) is 4.05. The smallest absolute Gasteiger partial charge is 0.224 e. The van der Waals surface area contributed by atoms with Gasteiger partial charge in [0.1, 0.15) is 11.6 Å². The molecule has 0 fully saturated rings. The number of alkyl halides is 1. The van der Waals surface area contributed by atoms with Crippen LogP contribution >= 0.6 is 15.9 Å². The zero-order valence-electron chi connectivity index (χ0n) is 10.4. The van der Waals surface area contributed by atoms with Gasteiger partial charge in [0.25, 0.3) is 0 Å². The summed E-state index contributed by atoms with van der Waals surface area (Å²) in [5.41, 5.74) is -0.157. The van der Waals surface area contributed by atoms with Crippen LogP contribution in [0.1, 0.15) is 25.8 Å². The molecule has 1 aromatic rings. The van der Waals surface area contributed by atoms with Gasteiger partial charge in [-0.15, -0.1) is 0 Å². The molecule has 1 rings (SSSR count). The second-order valence-electron chi connectivity index (χ2n) is 4.51. The van der Waals surface area contributed by atoms with Gasteiger partial charge in [-0.05, 0) is 25.0 Å². The molecule has 0 aliphatic rings. The van der Waals surface area contributed by atoms with Crippen molar-refractivity contribution in [2.24, 2.45) is 0 Å². The number of rotatable bonds is 5. The van der Waals surface area contributed by atoms with E-state index in [1.807, 2.05) is 13.8 Å². The minimum atomic E-state index is -0.692. The summed E-state index contributed by atoms with van der Waals surface area (Å²) in [5.74, 6) is -1.61. The highest BCUT2D eigenvalue weighted by molar-refractivity contribution is 9.09. The van der Waals surface area contributed by atoms with Gasteiger partial charge in [-0.25, -0.2) is 8.78 Å². The Bertz CT molecular complexity index is 433. The molecule has 0 saturated heterocycles. The predicted molar refractivity (Wildman–Crippen MR) is 70.7 cm³/mol. The number of benzene rings is 1. The molecule has 0 heterocycles. The van der Waals surface area contributed by atoms with Gasteiger partial charge < -0.3 is 5.32 Å². The van der Waals surface area contributed by atoms with Crippen LogP contribution in [0.15, 0.2) is 18.2 Å². The maximum atomic E-state index is 13.4. The summed E-state index contributed by atoms with van der Waals surface area (Å²) in [7, 11) is 0. The van der Waals surface area contributed by atoms with E-state index in [4.69, 9.17) is 0 Å². The van der Waals surface area contributed by atoms with Crippen LogP contribution in [0.4, 0.5) is 8.78 Å². The quantitative estimate of drug-likeness (QED) is 0.830. The molecule has 100 valence electrons. The average molecular weight is 320 g/mol. The largest absolute Gasteiger partial charge is 0.350 e. The maximum Gasteiger partial charge on any atom is 0.224 e. The SMILES string of the molecule is CCC(C)(CBr)NC(=O)Cc1ccc(F)cc1F. The van der Waals surface area contributed by atoms with Crippen LogP contribution in [-0.2, 0) is 11.2 Å². The number of amides is 1. The summed E-state index contributed by atoms with van der Waals surface area (Å²) in [6, 6.07) is 3.23. The van der Waals surface area contributed by atoms with E-state index in [0.29, 0.717) is 5.33 Å². The van der Waals surface area contributed by atoms with Gasteiger partial charge >= 0.3 is 0 Å². The van der Waals surface area contributed by atoms with E-state index in [-0.39, 0.29) is 23.4 Å². The molecule has 0 saturated carbocycles. The molecule has 5 heteroatoms. The third-order valence-electron chi connectivity index (χ3n) is 2.88. The topological polar surface area (TPSA) is 29.1 Å². The van der Waals surface area contributed by atoms with E-state index in [9.17, 15) is 13.6 Å². The van der Waals surface area contributed by atoms with Crippen molar-refractivity contribution in [1.29, 1.82) is 0 Å². The molecule has 0 aliphatic heterocycles. The van der Waals surface area contributed by atoms with Gasteiger partial charge in [0, 0.05) is 16.9 Å². The lowest BCUT2D eigenvalue weighted by molar-refractivity contribution is -0.122. The molecule has 0 aromatic heterocycles. The Hall–Kier alpha value is -0.970. The zero-order chi connectivity index (χ0) is 13.8. The first-order valence-electron chi connectivity index (χ1n) is 5.71. The van der Waals surface area contributed by atoms with Crippen LogP contribution in [0.3, 0.4) is 0 Å². The molecule has 1 unspecified atom stereocenters. The number of hydrogen-bond donors (Lipinski definition) is 1. The Labute approximate surface area is 114 Å². The first kappa shape index (κ1) is 15.1. The van der Waals surface area contributed by atoms with Crippen molar-refractivity contribution in [3.8, 4) is 0 Å². The van der Waals surface area contributed by atoms with Crippen LogP contribution in [0.2, 0.25) is 0 Å². The van der Waals surface area contributed by atoms with E-state index in [1.54, 1.807) is 0 Å². The van der Waals surface area contributed by atoms with E-state index >= 15 is 0 Å². The molecule has 1 atom stereocenters. The Morgan fingerprint density at radius 2 is 2.11 bits per heavy atom. The lowest BCUT2D eigenvalue weighted by Gasteiger charge is -2.27. The van der Waals surface area contributed by atoms with Gasteiger partial charge in [0.15, 0.2) is 0 Å². The summed E-state index contributed by atoms with van der Waals surface area (Å²) in [4.78, 5) is 11.8. The minimum absolute atomic E-state index is 0.0886. The Morgan fingerprint density at radius 3 is 2.61 bits per heavy atom. The number of halogens is 3. The Morgan fingerprint density at radius 1 is 1.44 bits per heavy atom. The normalized spacial score (nSPS) is 14.1. The zero-order valence-corrected chi connectivity index (χ0v) is 12.0. The van der Waals surface area contributed by atoms with Crippen LogP contribution in [0, 0.1) is 11.6 Å². The monoisotopic (exact) mass is 319 g/mol. The van der Waals surface area contributed by atoms with Crippen molar-refractivity contribution in [1.82, 2.24) is 5.32 Å². The van der Waals surface area contributed by atoms with Crippen molar-refractivity contribution in [3.63, 3.8) is 0 Å². The number of carbonyl (C=O) groups excluding carboxylic acids is 1. The molecule has 1 aromatic carbocycles. The average Bonchev–Trinajstić information content (AvgIpc) is 2.32. The van der Waals surface area contributed by atoms with E-state index in [2.05, 4.69) is 21.2 Å². The molecule has 2 nitrogen and oxygen atoms in total. The standard InChI is InChI=1S/C13H16BrF2NO/c1-3-13(2,8-14)17-12(18)6-9-4-5-10(15)7-11(9)16/h4-5,7H,3,6,8H2,1-2H3,(H,17,18). The molecule has 1 amide bonds. The number of hydrogen-bond acceptors (Lipinski definition) is 1. The summed E-state index contributed by atoms with van der Waals surface area (Å²) >= 11 is 3.33. The second-order valence-corrected chi connectivity index (χ2v) is 5.07. The van der Waals surface area contributed by atoms with Gasteiger partial charge in [-0.1, -0.05) is 28.9 Å². The lowest BCUT2D eigenvalue weighted by Crippen LogP contribution is -2.47. The van der Waals surface area contributed by atoms with Gasteiger partial charge in [0.05, 0.1) is 6.42 Å². The number of nitrogens with one attached hydrogen (secondary N) is 1. The van der Waals surface area contributed by atoms with Crippen LogP contribution in [0.5, 0.6) is 0 Å². The summed E-state index contributed by atoms with van der Waals surface area (Å²) in [6.45, 7) is 3.86. The van der Waals surface area contributed by atoms with Crippen LogP contribution in [-0.4, -0.2) is 16.8 Å². The minimum Gasteiger partial charge on any atom is -0.350 e. The fourth-order valence-corrected chi connectivity index (χ4v) is 1.97. The van der Waals surface area contributed by atoms with Crippen molar-refractivity contribution in [2.45, 2.75) is 32.2 Å². The molecule has 0 aliphatic carbocycles. The summed E-state index contributed by atoms with van der Waals surface area (Å²) < 4.78 is 26.1. The van der Waals surface area contributed by atoms with Crippen LogP contribution in [0.25, 0.3) is 0 Å². The third-order valence-corrected chi connectivity index (χ3v) is 4.12. The predicted octanol–water partition coefficient (Wildman–Crippen LogP) is 3.19. The van der Waals surface area contributed by atoms with Crippen LogP contribution < -0.4 is 5.32 Å². The lowest BCUT2D eigenvalue weighted by atomic mass is 10.0. The Balaban J connectivity index is 2.70. The van der Waals surface area contributed by atoms with Crippen molar-refractivity contribution in [3.05, 3.63) is 35.4 Å². The Kier molecular flexibility index (Phi) is 5.26.